The lowest BCUT2D eigenvalue weighted by molar-refractivity contribution is 0.547. The van der Waals surface area contributed by atoms with Crippen LogP contribution in [0.1, 0.15) is 6.92 Å². The first-order chi connectivity index (χ1) is 4.00. The molecule has 1 N–H and O–H groups in total. The number of sulfonamides is 1. The first-order valence-electron chi connectivity index (χ1n) is 2.02. The lowest BCUT2D eigenvalue weighted by Crippen LogP contribution is -2.27. The fourth-order valence-corrected chi connectivity index (χ4v) is 0.551. The van der Waals surface area contributed by atoms with Gasteiger partial charge >= 0.3 is 6.41 Å². The summed E-state index contributed by atoms with van der Waals surface area (Å²) in [5.74, 6) is 0. The van der Waals surface area contributed by atoms with Crippen LogP contribution >= 0.6 is 11.6 Å². The lowest BCUT2D eigenvalue weighted by Gasteiger charge is -2.00. The van der Waals surface area contributed by atoms with Gasteiger partial charge in [0.1, 0.15) is 0 Å². The highest BCUT2D eigenvalue weighted by Crippen LogP contribution is 2.00. The first kappa shape index (κ1) is 8.71. The van der Waals surface area contributed by atoms with E-state index in [1.54, 1.807) is 0 Å². The van der Waals surface area contributed by atoms with Gasteiger partial charge < -0.3 is 0 Å². The Bertz CT molecular complexity index is 185. The molecule has 0 bridgehead atoms. The predicted molar refractivity (Wildman–Crippen MR) is 33.1 cm³/mol. The molecular weight excluding hydrogens is 166 g/mol. The highest BCUT2D eigenvalue weighted by atomic mass is 35.5. The third kappa shape index (κ3) is 2.67. The third-order valence-corrected chi connectivity index (χ3v) is 2.54. The van der Waals surface area contributed by atoms with Crippen LogP contribution in [0.4, 0.5) is 0 Å². The first-order valence-corrected chi connectivity index (χ1v) is 4.01. The molecule has 1 amide bonds. The van der Waals surface area contributed by atoms with Crippen molar-refractivity contribution in [3.8, 4) is 0 Å². The Labute approximate surface area is 58.2 Å². The maximum absolute atomic E-state index is 10.4. The van der Waals surface area contributed by atoms with Gasteiger partial charge in [0.2, 0.25) is 0 Å². The summed E-state index contributed by atoms with van der Waals surface area (Å²) in [5.41, 5.74) is 0. The number of alkyl halides is 1. The molecule has 0 aromatic carbocycles. The van der Waals surface area contributed by atoms with E-state index >= 15 is 0 Å². The van der Waals surface area contributed by atoms with Gasteiger partial charge in [-0.05, 0) is 6.92 Å². The molecule has 0 aromatic rings. The van der Waals surface area contributed by atoms with Crippen molar-refractivity contribution < 1.29 is 13.2 Å². The number of nitrogens with one attached hydrogen (secondary N) is 1. The molecular formula is C3H5ClNO3S. The van der Waals surface area contributed by atoms with Gasteiger partial charge in [-0.3, -0.25) is 4.79 Å². The number of hydrogen-bond acceptors (Lipinski definition) is 3. The van der Waals surface area contributed by atoms with Crippen LogP contribution in [0.3, 0.4) is 0 Å². The van der Waals surface area contributed by atoms with Crippen LogP contribution in [0.25, 0.3) is 0 Å². The maximum atomic E-state index is 10.4. The van der Waals surface area contributed by atoms with Crippen LogP contribution in [0, 0.1) is 0 Å². The summed E-state index contributed by atoms with van der Waals surface area (Å²) in [4.78, 5) is 9.45. The molecule has 0 aliphatic rings. The van der Waals surface area contributed by atoms with Crippen molar-refractivity contribution in [2.45, 2.75) is 11.6 Å². The highest BCUT2D eigenvalue weighted by molar-refractivity contribution is 7.91. The summed E-state index contributed by atoms with van der Waals surface area (Å²) in [6.07, 6.45) is 1.02. The number of amides is 1. The zero-order valence-electron chi connectivity index (χ0n) is 4.59. The molecule has 4 nitrogen and oxygen atoms in total. The minimum atomic E-state index is -3.66. The van der Waals surface area contributed by atoms with Gasteiger partial charge in [0.05, 0.1) is 0 Å². The summed E-state index contributed by atoms with van der Waals surface area (Å²) in [6, 6.07) is 0. The molecule has 9 heavy (non-hydrogen) atoms. The van der Waals surface area contributed by atoms with Crippen molar-refractivity contribution in [3.05, 3.63) is 0 Å². The molecule has 0 rings (SSSR count). The van der Waals surface area contributed by atoms with Crippen LogP contribution in [-0.4, -0.2) is 19.5 Å². The molecule has 0 spiro atoms. The van der Waals surface area contributed by atoms with E-state index in [0.29, 0.717) is 0 Å². The van der Waals surface area contributed by atoms with E-state index in [-0.39, 0.29) is 0 Å². The molecule has 0 aliphatic carbocycles. The van der Waals surface area contributed by atoms with Crippen molar-refractivity contribution in [1.29, 1.82) is 0 Å². The second-order valence-electron chi connectivity index (χ2n) is 1.29. The third-order valence-electron chi connectivity index (χ3n) is 0.612. The minimum absolute atomic E-state index is 1.02. The summed E-state index contributed by atoms with van der Waals surface area (Å²) >= 11 is 5.12. The fourth-order valence-electron chi connectivity index (χ4n) is 0.139. The van der Waals surface area contributed by atoms with Crippen molar-refractivity contribution in [3.63, 3.8) is 0 Å². The average Bonchev–Trinajstić information content (AvgIpc) is 1.65. The van der Waals surface area contributed by atoms with Gasteiger partial charge in [-0.15, -0.1) is 11.6 Å². The SMILES string of the molecule is CC(Cl)S(=O)(=O)N[C]=O. The molecule has 0 saturated carbocycles. The highest BCUT2D eigenvalue weighted by Gasteiger charge is 2.15. The molecule has 6 heteroatoms. The summed E-state index contributed by atoms with van der Waals surface area (Å²) < 4.78 is 21.2. The molecule has 1 radical (unpaired) electrons. The standard InChI is InChI=1S/C3H5ClNO3S/c1-3(4)9(7,8)5-2-6/h3H,1H3,(H,5,6). The predicted octanol–water partition coefficient (Wildman–Crippen LogP) is -0.442. The Morgan fingerprint density at radius 1 is 1.67 bits per heavy atom. The lowest BCUT2D eigenvalue weighted by atomic mass is 11.0. The van der Waals surface area contributed by atoms with E-state index in [1.165, 1.54) is 11.6 Å². The Kier molecular flexibility index (Phi) is 2.93. The Hall–Kier alpha value is -0.290. The molecule has 0 saturated heterocycles. The molecule has 0 aliphatic heterocycles. The molecule has 53 valence electrons. The fraction of sp³-hybridized carbons (Fsp3) is 0.667. The van der Waals surface area contributed by atoms with Gasteiger partial charge in [-0.25, -0.2) is 13.1 Å². The Balaban J connectivity index is 4.22. The van der Waals surface area contributed by atoms with Gasteiger partial charge in [0.25, 0.3) is 10.0 Å². The smallest absolute Gasteiger partial charge is 0.263 e. The quantitative estimate of drug-likeness (QED) is 0.461. The van der Waals surface area contributed by atoms with Gasteiger partial charge in [-0.2, -0.15) is 0 Å². The van der Waals surface area contributed by atoms with Crippen LogP contribution in [-0.2, 0) is 14.8 Å². The maximum Gasteiger partial charge on any atom is 0.323 e. The monoisotopic (exact) mass is 170 g/mol. The average molecular weight is 171 g/mol. The zero-order chi connectivity index (χ0) is 7.49. The van der Waals surface area contributed by atoms with E-state index in [1.807, 2.05) is 0 Å². The van der Waals surface area contributed by atoms with Crippen LogP contribution in [0.15, 0.2) is 0 Å². The van der Waals surface area contributed by atoms with Crippen LogP contribution < -0.4 is 4.72 Å². The van der Waals surface area contributed by atoms with Crippen molar-refractivity contribution in [2.24, 2.45) is 0 Å². The molecule has 0 heterocycles. The summed E-state index contributed by atoms with van der Waals surface area (Å²) in [7, 11) is -3.66. The van der Waals surface area contributed by atoms with E-state index < -0.39 is 14.7 Å². The topological polar surface area (TPSA) is 63.2 Å². The Morgan fingerprint density at radius 3 is 2.22 bits per heavy atom. The van der Waals surface area contributed by atoms with E-state index in [2.05, 4.69) is 0 Å². The van der Waals surface area contributed by atoms with Crippen molar-refractivity contribution in [1.82, 2.24) is 4.72 Å². The van der Waals surface area contributed by atoms with E-state index in [0.717, 1.165) is 6.41 Å². The summed E-state index contributed by atoms with van der Waals surface area (Å²) in [5, 5.41) is 0. The number of halogens is 1. The summed E-state index contributed by atoms with van der Waals surface area (Å²) in [6.45, 7) is 1.24. The van der Waals surface area contributed by atoms with Gasteiger partial charge in [-0.1, -0.05) is 0 Å². The minimum Gasteiger partial charge on any atom is -0.263 e. The molecule has 1 unspecified atom stereocenters. The van der Waals surface area contributed by atoms with E-state index in [9.17, 15) is 13.2 Å². The van der Waals surface area contributed by atoms with Crippen LogP contribution in [0.2, 0.25) is 0 Å². The molecule has 1 atom stereocenters. The van der Waals surface area contributed by atoms with Crippen molar-refractivity contribution >= 4 is 28.0 Å². The molecule has 0 aromatic heterocycles. The molecule has 0 fully saturated rings. The Morgan fingerprint density at radius 2 is 2.11 bits per heavy atom. The van der Waals surface area contributed by atoms with Gasteiger partial charge in [0, 0.05) is 0 Å². The van der Waals surface area contributed by atoms with Crippen molar-refractivity contribution in [2.75, 3.05) is 0 Å². The second-order valence-corrected chi connectivity index (χ2v) is 4.21. The van der Waals surface area contributed by atoms with Crippen LogP contribution in [0.5, 0.6) is 0 Å². The normalized spacial score (nSPS) is 14.4. The second kappa shape index (κ2) is 3.03. The number of carbonyl (C=O) groups excluding carboxylic acids is 1. The van der Waals surface area contributed by atoms with E-state index in [4.69, 9.17) is 11.6 Å². The zero-order valence-corrected chi connectivity index (χ0v) is 6.16. The van der Waals surface area contributed by atoms with Gasteiger partial charge in [0.15, 0.2) is 4.71 Å². The number of hydrogen-bond donors (Lipinski definition) is 1. The largest absolute Gasteiger partial charge is 0.323 e. The number of rotatable bonds is 3.